The maximum Gasteiger partial charge on any atom is 0.191 e. The molecule has 2 aromatic rings. The Balaban J connectivity index is 1.82. The second-order valence-electron chi connectivity index (χ2n) is 5.39. The normalized spacial score (nSPS) is 23.1. The maximum atomic E-state index is 11.6. The molecule has 0 saturated carbocycles. The predicted octanol–water partition coefficient (Wildman–Crippen LogP) is 0.741. The van der Waals surface area contributed by atoms with E-state index in [9.17, 15) is 13.5 Å². The maximum absolute atomic E-state index is 11.6. The van der Waals surface area contributed by atoms with Crippen molar-refractivity contribution in [1.82, 2.24) is 14.8 Å². The van der Waals surface area contributed by atoms with Crippen LogP contribution in [0, 0.1) is 0 Å². The summed E-state index contributed by atoms with van der Waals surface area (Å²) in [6.07, 6.45) is -0.869. The number of nitrogens with zero attached hydrogens (tertiary/aromatic N) is 3. The molecule has 23 heavy (non-hydrogen) atoms. The highest BCUT2D eigenvalue weighted by atomic mass is 32.2. The Morgan fingerprint density at radius 3 is 2.52 bits per heavy atom. The Morgan fingerprint density at radius 1 is 1.26 bits per heavy atom. The quantitative estimate of drug-likeness (QED) is 0.864. The largest absolute Gasteiger partial charge is 0.497 e. The summed E-state index contributed by atoms with van der Waals surface area (Å²) in [5.41, 5.74) is 0.882. The molecule has 0 radical (unpaired) electrons. The standard InChI is InChI=1S/C14H17N3O4S2/c1-17-13(9-3-5-10(21-2)6-4-9)15-16-14(17)22-12-8-23(19,20)7-11(12)18/h3-6,11-12,18H,7-8H2,1-2H3/t11-,12-/m1/s1. The average Bonchev–Trinajstić information content (AvgIpc) is 2.99. The zero-order chi connectivity index (χ0) is 16.6. The van der Waals surface area contributed by atoms with E-state index in [2.05, 4.69) is 10.2 Å². The number of aliphatic hydroxyl groups excluding tert-OH is 1. The lowest BCUT2D eigenvalue weighted by Crippen LogP contribution is -2.20. The third-order valence-electron chi connectivity index (χ3n) is 3.71. The van der Waals surface area contributed by atoms with Crippen molar-refractivity contribution >= 4 is 21.6 Å². The third kappa shape index (κ3) is 3.36. The number of benzene rings is 1. The SMILES string of the molecule is COc1ccc(-c2nnc(S[C@@H]3CS(=O)(=O)C[C@H]3O)n2C)cc1. The van der Waals surface area contributed by atoms with Crippen LogP contribution in [0.15, 0.2) is 29.4 Å². The van der Waals surface area contributed by atoms with Crippen molar-refractivity contribution in [1.29, 1.82) is 0 Å². The summed E-state index contributed by atoms with van der Waals surface area (Å²) in [4.78, 5) is 0. The van der Waals surface area contributed by atoms with Gasteiger partial charge in [-0.25, -0.2) is 8.42 Å². The van der Waals surface area contributed by atoms with Crippen LogP contribution in [0.5, 0.6) is 5.75 Å². The van der Waals surface area contributed by atoms with Crippen LogP contribution < -0.4 is 4.74 Å². The number of sulfone groups is 1. The summed E-state index contributed by atoms with van der Waals surface area (Å²) >= 11 is 1.25. The smallest absolute Gasteiger partial charge is 0.191 e. The fraction of sp³-hybridized carbons (Fsp3) is 0.429. The van der Waals surface area contributed by atoms with Crippen molar-refractivity contribution in [2.24, 2.45) is 7.05 Å². The number of ether oxygens (including phenoxy) is 1. The van der Waals surface area contributed by atoms with E-state index in [4.69, 9.17) is 4.74 Å². The highest BCUT2D eigenvalue weighted by Crippen LogP contribution is 2.32. The van der Waals surface area contributed by atoms with E-state index in [-0.39, 0.29) is 11.5 Å². The summed E-state index contributed by atoms with van der Waals surface area (Å²) in [7, 11) is 0.249. The monoisotopic (exact) mass is 355 g/mol. The lowest BCUT2D eigenvalue weighted by Gasteiger charge is -2.11. The first-order chi connectivity index (χ1) is 10.9. The predicted molar refractivity (Wildman–Crippen MR) is 87.3 cm³/mol. The first kappa shape index (κ1) is 16.3. The number of hydrogen-bond acceptors (Lipinski definition) is 7. The first-order valence-electron chi connectivity index (χ1n) is 6.98. The molecule has 0 aliphatic carbocycles. The Labute approximate surface area is 138 Å². The molecule has 1 aliphatic rings. The molecule has 2 atom stereocenters. The van der Waals surface area contributed by atoms with E-state index in [0.717, 1.165) is 11.3 Å². The van der Waals surface area contributed by atoms with Gasteiger partial charge in [-0.1, -0.05) is 11.8 Å². The van der Waals surface area contributed by atoms with Gasteiger partial charge in [0.1, 0.15) is 5.75 Å². The Hall–Kier alpha value is -1.58. The molecule has 7 nitrogen and oxygen atoms in total. The number of methoxy groups -OCH3 is 1. The fourth-order valence-corrected chi connectivity index (χ4v) is 5.94. The second-order valence-corrected chi connectivity index (χ2v) is 8.75. The zero-order valence-electron chi connectivity index (χ0n) is 12.7. The molecular weight excluding hydrogens is 338 g/mol. The van der Waals surface area contributed by atoms with Gasteiger partial charge in [-0.2, -0.15) is 0 Å². The van der Waals surface area contributed by atoms with E-state index < -0.39 is 21.2 Å². The highest BCUT2D eigenvalue weighted by Gasteiger charge is 2.38. The van der Waals surface area contributed by atoms with Gasteiger partial charge < -0.3 is 14.4 Å². The third-order valence-corrected chi connectivity index (χ3v) is 6.99. The van der Waals surface area contributed by atoms with Gasteiger partial charge in [0.15, 0.2) is 20.8 Å². The van der Waals surface area contributed by atoms with Crippen LogP contribution in [0.1, 0.15) is 0 Å². The minimum absolute atomic E-state index is 0.0381. The summed E-state index contributed by atoms with van der Waals surface area (Å²) in [6, 6.07) is 7.44. The van der Waals surface area contributed by atoms with E-state index in [1.54, 1.807) is 11.7 Å². The number of aromatic nitrogens is 3. The highest BCUT2D eigenvalue weighted by molar-refractivity contribution is 8.01. The van der Waals surface area contributed by atoms with Crippen LogP contribution in [0.3, 0.4) is 0 Å². The van der Waals surface area contributed by atoms with Gasteiger partial charge in [0.05, 0.1) is 30.0 Å². The molecule has 9 heteroatoms. The lowest BCUT2D eigenvalue weighted by atomic mass is 10.2. The molecular formula is C14H17N3O4S2. The van der Waals surface area contributed by atoms with Crippen molar-refractivity contribution < 1.29 is 18.3 Å². The van der Waals surface area contributed by atoms with Crippen molar-refractivity contribution in [3.8, 4) is 17.1 Å². The van der Waals surface area contributed by atoms with Crippen LogP contribution in [0.2, 0.25) is 0 Å². The van der Waals surface area contributed by atoms with Gasteiger partial charge in [0.25, 0.3) is 0 Å². The molecule has 0 amide bonds. The molecule has 2 heterocycles. The van der Waals surface area contributed by atoms with E-state index >= 15 is 0 Å². The molecule has 0 unspecified atom stereocenters. The number of rotatable bonds is 4. The topological polar surface area (TPSA) is 94.3 Å². The van der Waals surface area contributed by atoms with Gasteiger partial charge in [0.2, 0.25) is 0 Å². The fourth-order valence-electron chi connectivity index (χ4n) is 2.45. The summed E-state index contributed by atoms with van der Waals surface area (Å²) in [6.45, 7) is 0. The van der Waals surface area contributed by atoms with Gasteiger partial charge in [-0.05, 0) is 24.3 Å². The van der Waals surface area contributed by atoms with Crippen molar-refractivity contribution in [2.75, 3.05) is 18.6 Å². The van der Waals surface area contributed by atoms with Crippen molar-refractivity contribution in [2.45, 2.75) is 16.5 Å². The first-order valence-corrected chi connectivity index (χ1v) is 9.68. The average molecular weight is 355 g/mol. The Bertz CT molecular complexity index is 802. The van der Waals surface area contributed by atoms with Crippen LogP contribution >= 0.6 is 11.8 Å². The molecule has 1 aromatic heterocycles. The summed E-state index contributed by atoms with van der Waals surface area (Å²) in [5, 5.41) is 18.3. The van der Waals surface area contributed by atoms with Crippen molar-refractivity contribution in [3.63, 3.8) is 0 Å². The van der Waals surface area contributed by atoms with Crippen LogP contribution in [-0.2, 0) is 16.9 Å². The van der Waals surface area contributed by atoms with E-state index in [1.807, 2.05) is 31.3 Å². The number of aliphatic hydroxyl groups is 1. The zero-order valence-corrected chi connectivity index (χ0v) is 14.3. The minimum atomic E-state index is -3.17. The van der Waals surface area contributed by atoms with E-state index in [0.29, 0.717) is 11.0 Å². The van der Waals surface area contributed by atoms with Crippen LogP contribution in [-0.4, -0.2) is 58.3 Å². The second kappa shape index (κ2) is 6.14. The Morgan fingerprint density at radius 2 is 1.96 bits per heavy atom. The molecule has 1 aliphatic heterocycles. The molecule has 124 valence electrons. The summed E-state index contributed by atoms with van der Waals surface area (Å²) < 4.78 is 30.1. The molecule has 1 saturated heterocycles. The van der Waals surface area contributed by atoms with E-state index in [1.165, 1.54) is 11.8 Å². The van der Waals surface area contributed by atoms with Crippen LogP contribution in [0.4, 0.5) is 0 Å². The van der Waals surface area contributed by atoms with Crippen molar-refractivity contribution in [3.05, 3.63) is 24.3 Å². The molecule has 0 spiro atoms. The summed E-state index contributed by atoms with van der Waals surface area (Å²) in [5.74, 6) is 1.20. The molecule has 1 aromatic carbocycles. The molecule has 1 N–H and O–H groups in total. The van der Waals surface area contributed by atoms with Gasteiger partial charge in [-0.15, -0.1) is 10.2 Å². The van der Waals surface area contributed by atoms with Gasteiger partial charge in [0, 0.05) is 12.6 Å². The number of thioether (sulfide) groups is 1. The number of hydrogen-bond donors (Lipinski definition) is 1. The Kier molecular flexibility index (Phi) is 4.35. The molecule has 1 fully saturated rings. The van der Waals surface area contributed by atoms with Crippen LogP contribution in [0.25, 0.3) is 11.4 Å². The van der Waals surface area contributed by atoms with Gasteiger partial charge >= 0.3 is 0 Å². The van der Waals surface area contributed by atoms with Gasteiger partial charge in [-0.3, -0.25) is 0 Å². The lowest BCUT2D eigenvalue weighted by molar-refractivity contribution is 0.207. The molecule has 3 rings (SSSR count). The minimum Gasteiger partial charge on any atom is -0.497 e. The molecule has 0 bridgehead atoms.